The first-order valence-electron chi connectivity index (χ1n) is 2.04. The summed E-state index contributed by atoms with van der Waals surface area (Å²) in [5.74, 6) is 0. The Morgan fingerprint density at radius 2 is 1.44 bits per heavy atom. The zero-order valence-corrected chi connectivity index (χ0v) is 11.1. The minimum atomic E-state index is -0.826. The molecule has 0 nitrogen and oxygen atoms in total. The van der Waals surface area contributed by atoms with Crippen molar-refractivity contribution in [2.45, 2.75) is 0 Å². The summed E-state index contributed by atoms with van der Waals surface area (Å²) in [7, 11) is 9.87. The average Bonchev–Trinajstić information content (AvgIpc) is 2.17. The van der Waals surface area contributed by atoms with E-state index in [-0.39, 0.29) is 11.0 Å². The quantitative estimate of drug-likeness (QED) is 0.490. The van der Waals surface area contributed by atoms with Gasteiger partial charge in [-0.25, -0.2) is 12.1 Å². The summed E-state index contributed by atoms with van der Waals surface area (Å²) in [6.45, 7) is 0. The Morgan fingerprint density at radius 3 is 1.56 bits per heavy atom. The fourth-order valence-electron chi connectivity index (χ4n) is 0.321. The molecule has 0 N–H and O–H groups in total. The van der Waals surface area contributed by atoms with Gasteiger partial charge in [0, 0.05) is 0 Å². The van der Waals surface area contributed by atoms with Gasteiger partial charge in [-0.1, -0.05) is 0 Å². The van der Waals surface area contributed by atoms with Crippen molar-refractivity contribution >= 4 is 28.0 Å². The topological polar surface area (TPSA) is 0 Å². The van der Waals surface area contributed by atoms with Crippen molar-refractivity contribution < 1.29 is 20.8 Å². The second kappa shape index (κ2) is 11.8. The minimum Gasteiger partial charge on any atom is -0.214 e. The molecule has 0 aliphatic carbocycles. The van der Waals surface area contributed by atoms with E-state index >= 15 is 0 Å². The standard InChI is InChI=1S/C5H5.2ClH.H3Si.Zr/c1-2-4-5-3-1;;;;/h1-5H;2*1H;1H3;/q-1;;;;+2/p-2. The van der Waals surface area contributed by atoms with Crippen molar-refractivity contribution in [1.82, 2.24) is 0 Å². The van der Waals surface area contributed by atoms with Gasteiger partial charge in [0.1, 0.15) is 0 Å². The molecule has 0 aliphatic heterocycles. The Hall–Kier alpha value is 1.03. The SMILES string of the molecule is [Cl][Zr][Cl].[SiH3].c1cc[cH-]c1. The molecule has 0 spiro atoms. The first-order chi connectivity index (χ1) is 3.91. The van der Waals surface area contributed by atoms with Crippen LogP contribution in [0.5, 0.6) is 0 Å². The average molecular weight is 258 g/mol. The third-order valence-corrected chi connectivity index (χ3v) is 0.556. The van der Waals surface area contributed by atoms with E-state index in [9.17, 15) is 0 Å². The molecule has 1 aromatic carbocycles. The van der Waals surface area contributed by atoms with Gasteiger partial charge in [-0.15, -0.1) is 0 Å². The number of hydrogen-bond donors (Lipinski definition) is 0. The fourth-order valence-corrected chi connectivity index (χ4v) is 0.321. The predicted octanol–water partition coefficient (Wildman–Crippen LogP) is 1.60. The molecule has 0 aromatic heterocycles. The molecule has 0 saturated heterocycles. The van der Waals surface area contributed by atoms with Crippen LogP contribution in [0.1, 0.15) is 0 Å². The van der Waals surface area contributed by atoms with Crippen LogP contribution in [0.2, 0.25) is 0 Å². The van der Waals surface area contributed by atoms with Gasteiger partial charge < -0.3 is 0 Å². The van der Waals surface area contributed by atoms with E-state index in [2.05, 4.69) is 0 Å². The number of rotatable bonds is 0. The van der Waals surface area contributed by atoms with E-state index in [0.29, 0.717) is 0 Å². The molecule has 1 aromatic rings. The van der Waals surface area contributed by atoms with Crippen LogP contribution in [0.4, 0.5) is 0 Å². The molecule has 0 amide bonds. The largest absolute Gasteiger partial charge is 0.214 e. The summed E-state index contributed by atoms with van der Waals surface area (Å²) in [5, 5.41) is 0. The monoisotopic (exact) mass is 256 g/mol. The summed E-state index contributed by atoms with van der Waals surface area (Å²) in [6, 6.07) is 10.0. The molecule has 0 fully saturated rings. The molecule has 51 valence electrons. The molecule has 0 unspecified atom stereocenters. The second-order valence-corrected chi connectivity index (χ2v) is 4.77. The van der Waals surface area contributed by atoms with Crippen molar-refractivity contribution in [3.8, 4) is 0 Å². The second-order valence-electron chi connectivity index (χ2n) is 1.03. The smallest absolute Gasteiger partial charge is 0.0125 e. The van der Waals surface area contributed by atoms with Crippen LogP contribution in [0.3, 0.4) is 0 Å². The summed E-state index contributed by atoms with van der Waals surface area (Å²) < 4.78 is 0. The van der Waals surface area contributed by atoms with Gasteiger partial charge >= 0.3 is 37.9 Å². The molecule has 1 radical (unpaired) electrons. The van der Waals surface area contributed by atoms with Crippen molar-refractivity contribution in [3.63, 3.8) is 0 Å². The summed E-state index contributed by atoms with van der Waals surface area (Å²) in [6.07, 6.45) is 0. The summed E-state index contributed by atoms with van der Waals surface area (Å²) >= 11 is -0.826. The van der Waals surface area contributed by atoms with Crippen molar-refractivity contribution in [1.29, 1.82) is 0 Å². The number of halogens is 2. The molecule has 0 heterocycles. The molecular weight excluding hydrogens is 250 g/mol. The van der Waals surface area contributed by atoms with Crippen LogP contribution in [0.25, 0.3) is 0 Å². The van der Waals surface area contributed by atoms with Crippen molar-refractivity contribution in [2.75, 3.05) is 0 Å². The van der Waals surface area contributed by atoms with Crippen LogP contribution >= 0.6 is 17.0 Å². The molecule has 9 heavy (non-hydrogen) atoms. The van der Waals surface area contributed by atoms with Crippen LogP contribution < -0.4 is 0 Å². The fraction of sp³-hybridized carbons (Fsp3) is 0. The van der Waals surface area contributed by atoms with Crippen LogP contribution in [-0.4, -0.2) is 11.0 Å². The van der Waals surface area contributed by atoms with Gasteiger partial charge in [0.15, 0.2) is 0 Å². The van der Waals surface area contributed by atoms with Crippen LogP contribution in [0.15, 0.2) is 30.3 Å². The van der Waals surface area contributed by atoms with Crippen molar-refractivity contribution in [2.24, 2.45) is 0 Å². The third kappa shape index (κ3) is 12.3. The molecule has 0 atom stereocenters. The van der Waals surface area contributed by atoms with Gasteiger partial charge in [-0.3, -0.25) is 0 Å². The molecule has 4 heteroatoms. The van der Waals surface area contributed by atoms with E-state index in [1.54, 1.807) is 0 Å². The molecule has 0 bridgehead atoms. The van der Waals surface area contributed by atoms with E-state index in [0.717, 1.165) is 0 Å². The van der Waals surface area contributed by atoms with Crippen LogP contribution in [-0.2, 0) is 20.8 Å². The van der Waals surface area contributed by atoms with Gasteiger partial charge in [0.25, 0.3) is 0 Å². The Kier molecular flexibility index (Phi) is 16.6. The molecule has 0 aliphatic rings. The Balaban J connectivity index is 0. The Morgan fingerprint density at radius 1 is 1.11 bits per heavy atom. The first-order valence-corrected chi connectivity index (χ1v) is 8.37. The summed E-state index contributed by atoms with van der Waals surface area (Å²) in [4.78, 5) is 0. The Labute approximate surface area is 78.6 Å². The maximum absolute atomic E-state index is 4.93. The maximum Gasteiger partial charge on any atom is -0.0125 e. The molecular formula is C5H8Cl2SiZr-. The van der Waals surface area contributed by atoms with E-state index in [1.165, 1.54) is 0 Å². The first kappa shape index (κ1) is 12.7. The van der Waals surface area contributed by atoms with E-state index < -0.39 is 20.8 Å². The van der Waals surface area contributed by atoms with Crippen molar-refractivity contribution in [3.05, 3.63) is 30.3 Å². The number of hydrogen-bond acceptors (Lipinski definition) is 0. The van der Waals surface area contributed by atoms with Crippen LogP contribution in [0, 0.1) is 0 Å². The zero-order valence-electron chi connectivity index (χ0n) is 5.14. The van der Waals surface area contributed by atoms with Gasteiger partial charge in [-0.2, -0.15) is 18.2 Å². The van der Waals surface area contributed by atoms with E-state index in [4.69, 9.17) is 17.0 Å². The van der Waals surface area contributed by atoms with E-state index in [1.807, 2.05) is 30.3 Å². The molecule has 1 rings (SSSR count). The normalized spacial score (nSPS) is 6.00. The summed E-state index contributed by atoms with van der Waals surface area (Å²) in [5.41, 5.74) is 0. The maximum atomic E-state index is 4.93. The zero-order chi connectivity index (χ0) is 6.24. The van der Waals surface area contributed by atoms with Gasteiger partial charge in [-0.05, 0) is 11.0 Å². The Bertz CT molecular complexity index is 81.9. The third-order valence-electron chi connectivity index (χ3n) is 0.556. The van der Waals surface area contributed by atoms with Gasteiger partial charge in [0.2, 0.25) is 0 Å². The molecule has 0 saturated carbocycles. The van der Waals surface area contributed by atoms with Gasteiger partial charge in [0.05, 0.1) is 0 Å². The minimum absolute atomic E-state index is 0. The predicted molar refractivity (Wildman–Crippen MR) is 43.7 cm³/mol.